The Bertz CT molecular complexity index is 879. The summed E-state index contributed by atoms with van der Waals surface area (Å²) in [6, 6.07) is 14.5. The average Bonchev–Trinajstić information content (AvgIpc) is 2.78. The molecule has 1 heterocycles. The van der Waals surface area contributed by atoms with Crippen molar-refractivity contribution in [2.75, 3.05) is 58.1 Å². The van der Waals surface area contributed by atoms with E-state index in [9.17, 15) is 8.42 Å². The largest absolute Gasteiger partial charge is 0.491 e. The maximum absolute atomic E-state index is 12.9. The molecule has 0 saturated carbocycles. The second kappa shape index (κ2) is 10.8. The zero-order chi connectivity index (χ0) is 21.4. The van der Waals surface area contributed by atoms with Gasteiger partial charge in [-0.1, -0.05) is 12.1 Å². The van der Waals surface area contributed by atoms with Crippen LogP contribution in [0.3, 0.4) is 0 Å². The van der Waals surface area contributed by atoms with E-state index in [1.54, 1.807) is 31.3 Å². The van der Waals surface area contributed by atoms with Crippen molar-refractivity contribution in [1.29, 1.82) is 0 Å². The molecular formula is C22H30N2O5S. The predicted octanol–water partition coefficient (Wildman–Crippen LogP) is 2.76. The van der Waals surface area contributed by atoms with Crippen LogP contribution < -0.4 is 9.64 Å². The molecule has 0 N–H and O–H groups in total. The third-order valence-electron chi connectivity index (χ3n) is 4.95. The van der Waals surface area contributed by atoms with Crippen molar-refractivity contribution in [1.82, 2.24) is 4.31 Å². The quantitative estimate of drug-likeness (QED) is 0.536. The van der Waals surface area contributed by atoms with Crippen molar-refractivity contribution in [3.8, 4) is 5.75 Å². The van der Waals surface area contributed by atoms with Crippen molar-refractivity contribution in [3.63, 3.8) is 0 Å². The molecule has 3 rings (SSSR count). The normalized spacial score (nSPS) is 14.8. The highest BCUT2D eigenvalue weighted by Crippen LogP contribution is 2.22. The summed E-state index contributed by atoms with van der Waals surface area (Å²) in [5.74, 6) is 0.620. The molecule has 1 fully saturated rings. The number of benzene rings is 2. The van der Waals surface area contributed by atoms with Gasteiger partial charge < -0.3 is 19.1 Å². The van der Waals surface area contributed by atoms with E-state index in [0.717, 1.165) is 37.6 Å². The van der Waals surface area contributed by atoms with Crippen molar-refractivity contribution in [2.45, 2.75) is 18.4 Å². The van der Waals surface area contributed by atoms with Crippen LogP contribution in [0.4, 0.5) is 5.69 Å². The lowest BCUT2D eigenvalue weighted by atomic mass is 10.2. The fraction of sp³-hybridized carbons (Fsp3) is 0.455. The van der Waals surface area contributed by atoms with Gasteiger partial charge in [0.2, 0.25) is 10.0 Å². The number of sulfonamides is 1. The summed E-state index contributed by atoms with van der Waals surface area (Å²) in [7, 11) is -1.99. The van der Waals surface area contributed by atoms with Crippen LogP contribution in [-0.4, -0.2) is 65.9 Å². The van der Waals surface area contributed by atoms with Gasteiger partial charge in [-0.3, -0.25) is 0 Å². The molecule has 1 saturated heterocycles. The fourth-order valence-electron chi connectivity index (χ4n) is 3.23. The molecule has 0 aromatic heterocycles. The Morgan fingerprint density at radius 1 is 1.00 bits per heavy atom. The Morgan fingerprint density at radius 3 is 2.30 bits per heavy atom. The van der Waals surface area contributed by atoms with E-state index in [1.807, 2.05) is 31.2 Å². The van der Waals surface area contributed by atoms with E-state index in [0.29, 0.717) is 32.1 Å². The third-order valence-corrected chi connectivity index (χ3v) is 6.77. The summed E-state index contributed by atoms with van der Waals surface area (Å²) in [4.78, 5) is 2.51. The lowest BCUT2D eigenvalue weighted by Gasteiger charge is -2.29. The molecule has 0 bridgehead atoms. The van der Waals surface area contributed by atoms with Crippen LogP contribution in [-0.2, 0) is 26.0 Å². The summed E-state index contributed by atoms with van der Waals surface area (Å²) in [5, 5.41) is 0. The van der Waals surface area contributed by atoms with Gasteiger partial charge in [-0.25, -0.2) is 8.42 Å². The highest BCUT2D eigenvalue weighted by molar-refractivity contribution is 7.89. The monoisotopic (exact) mass is 434 g/mol. The van der Waals surface area contributed by atoms with Gasteiger partial charge in [0.15, 0.2) is 0 Å². The molecule has 7 nitrogen and oxygen atoms in total. The number of morpholine rings is 1. The molecule has 2 aromatic carbocycles. The summed E-state index contributed by atoms with van der Waals surface area (Å²) in [6.45, 7) is 7.02. The zero-order valence-corrected chi connectivity index (χ0v) is 18.4. The number of nitrogens with zero attached hydrogens (tertiary/aromatic N) is 2. The first-order valence-electron chi connectivity index (χ1n) is 10.2. The van der Waals surface area contributed by atoms with E-state index in [-0.39, 0.29) is 4.90 Å². The number of ether oxygens (including phenoxy) is 3. The van der Waals surface area contributed by atoms with Crippen molar-refractivity contribution < 1.29 is 22.6 Å². The maximum Gasteiger partial charge on any atom is 0.243 e. The molecule has 30 heavy (non-hydrogen) atoms. The lowest BCUT2D eigenvalue weighted by Crippen LogP contribution is -2.36. The van der Waals surface area contributed by atoms with Gasteiger partial charge in [-0.15, -0.1) is 0 Å². The van der Waals surface area contributed by atoms with Crippen LogP contribution >= 0.6 is 0 Å². The molecule has 1 aliphatic heterocycles. The van der Waals surface area contributed by atoms with Crippen LogP contribution in [0.25, 0.3) is 0 Å². The SMILES string of the molecule is CCOCCOc1ccc(S(=O)(=O)N(C)Cc2ccc(N3CCOCC3)cc2)cc1. The number of hydrogen-bond donors (Lipinski definition) is 0. The van der Waals surface area contributed by atoms with Crippen LogP contribution in [0.1, 0.15) is 12.5 Å². The Kier molecular flexibility index (Phi) is 8.09. The molecule has 0 spiro atoms. The molecule has 0 unspecified atom stereocenters. The van der Waals surface area contributed by atoms with Crippen LogP contribution in [0, 0.1) is 0 Å². The topological polar surface area (TPSA) is 68.3 Å². The standard InChI is InChI=1S/C22H30N2O5S/c1-3-27-16-17-29-21-8-10-22(11-9-21)30(25,26)23(2)18-19-4-6-20(7-5-19)24-12-14-28-15-13-24/h4-11H,3,12-18H2,1-2H3. The van der Waals surface area contributed by atoms with Gasteiger partial charge in [0.05, 0.1) is 24.7 Å². The van der Waals surface area contributed by atoms with E-state index >= 15 is 0 Å². The molecule has 0 atom stereocenters. The Balaban J connectivity index is 1.59. The number of anilines is 1. The Morgan fingerprint density at radius 2 is 1.67 bits per heavy atom. The molecule has 1 aliphatic rings. The molecular weight excluding hydrogens is 404 g/mol. The van der Waals surface area contributed by atoms with Crippen LogP contribution in [0.15, 0.2) is 53.4 Å². The first-order chi connectivity index (χ1) is 14.5. The molecule has 0 radical (unpaired) electrons. The highest BCUT2D eigenvalue weighted by Gasteiger charge is 2.21. The molecule has 0 aliphatic carbocycles. The number of rotatable bonds is 10. The van der Waals surface area contributed by atoms with E-state index < -0.39 is 10.0 Å². The van der Waals surface area contributed by atoms with Crippen molar-refractivity contribution in [2.24, 2.45) is 0 Å². The van der Waals surface area contributed by atoms with E-state index in [1.165, 1.54) is 4.31 Å². The predicted molar refractivity (Wildman–Crippen MR) is 117 cm³/mol. The van der Waals surface area contributed by atoms with Crippen molar-refractivity contribution >= 4 is 15.7 Å². The smallest absolute Gasteiger partial charge is 0.243 e. The van der Waals surface area contributed by atoms with Gasteiger partial charge in [0.25, 0.3) is 0 Å². The molecule has 164 valence electrons. The minimum Gasteiger partial charge on any atom is -0.491 e. The first kappa shape index (κ1) is 22.6. The summed E-state index contributed by atoms with van der Waals surface area (Å²) < 4.78 is 43.3. The number of hydrogen-bond acceptors (Lipinski definition) is 6. The van der Waals surface area contributed by atoms with E-state index in [2.05, 4.69) is 4.90 Å². The maximum atomic E-state index is 12.9. The van der Waals surface area contributed by atoms with Gasteiger partial charge in [0.1, 0.15) is 12.4 Å². The molecule has 8 heteroatoms. The minimum absolute atomic E-state index is 0.243. The molecule has 0 amide bonds. The average molecular weight is 435 g/mol. The van der Waals surface area contributed by atoms with E-state index in [4.69, 9.17) is 14.2 Å². The minimum atomic E-state index is -3.59. The lowest BCUT2D eigenvalue weighted by molar-refractivity contribution is 0.110. The second-order valence-corrected chi connectivity index (χ2v) is 9.09. The van der Waals surface area contributed by atoms with Gasteiger partial charge in [-0.2, -0.15) is 4.31 Å². The first-order valence-corrected chi connectivity index (χ1v) is 11.6. The summed E-state index contributed by atoms with van der Waals surface area (Å²) >= 11 is 0. The van der Waals surface area contributed by atoms with Crippen LogP contribution in [0.2, 0.25) is 0 Å². The van der Waals surface area contributed by atoms with Gasteiger partial charge in [-0.05, 0) is 48.9 Å². The molecule has 2 aromatic rings. The third kappa shape index (κ3) is 5.95. The second-order valence-electron chi connectivity index (χ2n) is 7.04. The highest BCUT2D eigenvalue weighted by atomic mass is 32.2. The zero-order valence-electron chi connectivity index (χ0n) is 17.6. The summed E-state index contributed by atoms with van der Waals surface area (Å²) in [6.07, 6.45) is 0. The Hall–Kier alpha value is -2.13. The van der Waals surface area contributed by atoms with Crippen LogP contribution in [0.5, 0.6) is 5.75 Å². The van der Waals surface area contributed by atoms with Crippen molar-refractivity contribution in [3.05, 3.63) is 54.1 Å². The van der Waals surface area contributed by atoms with Gasteiger partial charge >= 0.3 is 0 Å². The summed E-state index contributed by atoms with van der Waals surface area (Å²) in [5.41, 5.74) is 2.07. The fourth-order valence-corrected chi connectivity index (χ4v) is 4.39. The van der Waals surface area contributed by atoms with Gasteiger partial charge in [0, 0.05) is 39.0 Å². The Labute approximate surface area is 179 Å².